The zero-order chi connectivity index (χ0) is 19.1. The van der Waals surface area contributed by atoms with E-state index in [0.29, 0.717) is 22.0 Å². The Morgan fingerprint density at radius 2 is 1.92 bits per heavy atom. The molecule has 0 atom stereocenters. The molecule has 2 aromatic carbocycles. The summed E-state index contributed by atoms with van der Waals surface area (Å²) >= 11 is 0. The third-order valence-electron chi connectivity index (χ3n) is 3.82. The number of hydrogen-bond donors (Lipinski definition) is 1. The van der Waals surface area contributed by atoms with Gasteiger partial charge in [0.15, 0.2) is 5.82 Å². The summed E-state index contributed by atoms with van der Waals surface area (Å²) in [4.78, 5) is 13.0. The van der Waals surface area contributed by atoms with Crippen molar-refractivity contribution in [2.75, 3.05) is 5.73 Å². The van der Waals surface area contributed by atoms with Crippen LogP contribution in [0.5, 0.6) is 0 Å². The highest BCUT2D eigenvalue weighted by Gasteiger charge is 2.35. The Morgan fingerprint density at radius 3 is 2.58 bits per heavy atom. The van der Waals surface area contributed by atoms with Gasteiger partial charge < -0.3 is 5.73 Å². The molecule has 0 unspecified atom stereocenters. The average Bonchev–Trinajstić information content (AvgIpc) is 2.91. The highest BCUT2D eigenvalue weighted by molar-refractivity contribution is 5.47. The maximum atomic E-state index is 14.4. The van der Waals surface area contributed by atoms with Gasteiger partial charge in [-0.15, -0.1) is 0 Å². The summed E-state index contributed by atoms with van der Waals surface area (Å²) < 4.78 is 53.8. The van der Waals surface area contributed by atoms with E-state index < -0.39 is 28.9 Å². The Labute approximate surface area is 144 Å². The summed E-state index contributed by atoms with van der Waals surface area (Å²) in [5.41, 5.74) is 4.70. The van der Waals surface area contributed by atoms with Crippen LogP contribution in [0.25, 0.3) is 5.69 Å². The second-order valence-corrected chi connectivity index (χ2v) is 5.64. The fourth-order valence-corrected chi connectivity index (χ4v) is 2.50. The molecule has 10 heteroatoms. The molecule has 0 fully saturated rings. The Kier molecular flexibility index (Phi) is 4.26. The van der Waals surface area contributed by atoms with Crippen molar-refractivity contribution in [3.05, 3.63) is 69.4 Å². The molecular weight excluding hydrogens is 354 g/mol. The molecule has 0 spiro atoms. The van der Waals surface area contributed by atoms with E-state index in [9.17, 15) is 22.4 Å². The molecule has 3 rings (SSSR count). The van der Waals surface area contributed by atoms with E-state index in [1.807, 2.05) is 0 Å². The molecule has 3 aromatic rings. The first-order valence-electron chi connectivity index (χ1n) is 7.42. The lowest BCUT2D eigenvalue weighted by atomic mass is 10.1. The first-order chi connectivity index (χ1) is 12.2. The predicted octanol–water partition coefficient (Wildman–Crippen LogP) is 2.53. The van der Waals surface area contributed by atoms with Crippen LogP contribution in [0.15, 0.2) is 41.2 Å². The number of aromatic nitrogens is 4. The number of aryl methyl sites for hydroxylation is 1. The van der Waals surface area contributed by atoms with Gasteiger partial charge in [0.2, 0.25) is 0 Å². The lowest BCUT2D eigenvalue weighted by Gasteiger charge is -2.13. The van der Waals surface area contributed by atoms with Crippen molar-refractivity contribution >= 4 is 5.69 Å². The molecule has 0 saturated carbocycles. The zero-order valence-corrected chi connectivity index (χ0v) is 13.5. The van der Waals surface area contributed by atoms with Crippen molar-refractivity contribution < 1.29 is 17.6 Å². The number of nitrogen functional groups attached to an aromatic ring is 1. The van der Waals surface area contributed by atoms with Gasteiger partial charge in [-0.3, -0.25) is 0 Å². The molecule has 0 bridgehead atoms. The summed E-state index contributed by atoms with van der Waals surface area (Å²) in [5.74, 6) is -1.57. The van der Waals surface area contributed by atoms with E-state index in [1.54, 1.807) is 25.1 Å². The zero-order valence-electron chi connectivity index (χ0n) is 13.5. The SMILES string of the molecule is Cc1cc(Cn2nnc(=O)n2-c2cccc(C(F)(F)F)c2F)ccc1N. The van der Waals surface area contributed by atoms with E-state index in [2.05, 4.69) is 10.3 Å². The summed E-state index contributed by atoms with van der Waals surface area (Å²) in [7, 11) is 0. The van der Waals surface area contributed by atoms with Crippen LogP contribution in [0.3, 0.4) is 0 Å². The molecule has 0 saturated heterocycles. The first kappa shape index (κ1) is 17.6. The highest BCUT2D eigenvalue weighted by Crippen LogP contribution is 2.33. The highest BCUT2D eigenvalue weighted by atomic mass is 19.4. The molecule has 0 amide bonds. The topological polar surface area (TPSA) is 78.7 Å². The van der Waals surface area contributed by atoms with Gasteiger partial charge in [0.1, 0.15) is 5.69 Å². The Morgan fingerprint density at radius 1 is 1.19 bits per heavy atom. The second-order valence-electron chi connectivity index (χ2n) is 5.64. The normalized spacial score (nSPS) is 11.7. The van der Waals surface area contributed by atoms with Crippen LogP contribution >= 0.6 is 0 Å². The maximum Gasteiger partial charge on any atom is 0.419 e. The van der Waals surface area contributed by atoms with E-state index in [4.69, 9.17) is 5.73 Å². The molecule has 26 heavy (non-hydrogen) atoms. The fourth-order valence-electron chi connectivity index (χ4n) is 2.50. The predicted molar refractivity (Wildman–Crippen MR) is 85.3 cm³/mol. The smallest absolute Gasteiger partial charge is 0.399 e. The minimum atomic E-state index is -4.89. The molecule has 1 heterocycles. The molecule has 0 aliphatic carbocycles. The van der Waals surface area contributed by atoms with Crippen LogP contribution in [-0.2, 0) is 12.7 Å². The number of halogens is 4. The average molecular weight is 367 g/mol. The van der Waals surface area contributed by atoms with Crippen LogP contribution in [0.4, 0.5) is 23.2 Å². The maximum absolute atomic E-state index is 14.4. The number of nitrogens with two attached hydrogens (primary N) is 1. The Hall–Kier alpha value is -3.17. The molecule has 1 aromatic heterocycles. The summed E-state index contributed by atoms with van der Waals surface area (Å²) in [6, 6.07) is 7.71. The molecule has 0 radical (unpaired) electrons. The molecular formula is C16H13F4N5O. The van der Waals surface area contributed by atoms with Gasteiger partial charge in [0.25, 0.3) is 0 Å². The number of hydrogen-bond acceptors (Lipinski definition) is 4. The number of rotatable bonds is 3. The van der Waals surface area contributed by atoms with E-state index in [1.165, 1.54) is 0 Å². The van der Waals surface area contributed by atoms with Gasteiger partial charge in [0, 0.05) is 5.69 Å². The quantitative estimate of drug-likeness (QED) is 0.570. The lowest BCUT2D eigenvalue weighted by molar-refractivity contribution is -0.140. The molecule has 136 valence electrons. The van der Waals surface area contributed by atoms with E-state index >= 15 is 0 Å². The van der Waals surface area contributed by atoms with Crippen LogP contribution in [-0.4, -0.2) is 19.8 Å². The molecule has 0 aliphatic rings. The van der Waals surface area contributed by atoms with Gasteiger partial charge in [0.05, 0.1) is 12.1 Å². The van der Waals surface area contributed by atoms with E-state index in [-0.39, 0.29) is 6.54 Å². The van der Waals surface area contributed by atoms with Crippen molar-refractivity contribution in [3.8, 4) is 5.69 Å². The molecule has 2 N–H and O–H groups in total. The van der Waals surface area contributed by atoms with Gasteiger partial charge in [-0.05, 0) is 41.5 Å². The van der Waals surface area contributed by atoms with Crippen LogP contribution < -0.4 is 11.4 Å². The van der Waals surface area contributed by atoms with Gasteiger partial charge in [-0.1, -0.05) is 23.3 Å². The Bertz CT molecular complexity index is 1020. The molecule has 0 aliphatic heterocycles. The van der Waals surface area contributed by atoms with Gasteiger partial charge in [-0.2, -0.15) is 22.6 Å². The summed E-state index contributed by atoms with van der Waals surface area (Å²) in [5, 5.41) is 6.92. The minimum Gasteiger partial charge on any atom is -0.399 e. The van der Waals surface area contributed by atoms with Crippen molar-refractivity contribution in [1.29, 1.82) is 0 Å². The number of alkyl halides is 3. The van der Waals surface area contributed by atoms with E-state index in [0.717, 1.165) is 22.5 Å². The number of nitrogens with zero attached hydrogens (tertiary/aromatic N) is 4. The second kappa shape index (κ2) is 6.28. The number of anilines is 1. The monoisotopic (exact) mass is 367 g/mol. The summed E-state index contributed by atoms with van der Waals surface area (Å²) in [6.07, 6.45) is -4.89. The largest absolute Gasteiger partial charge is 0.419 e. The van der Waals surface area contributed by atoms with Crippen molar-refractivity contribution in [2.24, 2.45) is 0 Å². The first-order valence-corrected chi connectivity index (χ1v) is 7.42. The summed E-state index contributed by atoms with van der Waals surface area (Å²) in [6.45, 7) is 1.77. The van der Waals surface area contributed by atoms with Crippen molar-refractivity contribution in [2.45, 2.75) is 19.6 Å². The lowest BCUT2D eigenvalue weighted by Crippen LogP contribution is -2.25. The number of tetrazole rings is 1. The molecule has 6 nitrogen and oxygen atoms in total. The van der Waals surface area contributed by atoms with Crippen LogP contribution in [0.2, 0.25) is 0 Å². The fraction of sp³-hybridized carbons (Fsp3) is 0.188. The number of benzene rings is 2. The Balaban J connectivity index is 2.09. The minimum absolute atomic E-state index is 0.00789. The third kappa shape index (κ3) is 3.17. The van der Waals surface area contributed by atoms with Crippen LogP contribution in [0, 0.1) is 12.7 Å². The standard InChI is InChI=1S/C16H13F4N5O/c1-9-7-10(5-6-12(9)21)8-24-23-22-15(26)25(24)13-4-2-3-11(14(13)17)16(18,19)20/h2-7H,8,21H2,1H3. The van der Waals surface area contributed by atoms with Crippen molar-refractivity contribution in [3.63, 3.8) is 0 Å². The van der Waals surface area contributed by atoms with Gasteiger partial charge in [-0.25, -0.2) is 9.18 Å². The third-order valence-corrected chi connectivity index (χ3v) is 3.82. The van der Waals surface area contributed by atoms with Crippen LogP contribution in [0.1, 0.15) is 16.7 Å². The van der Waals surface area contributed by atoms with Gasteiger partial charge >= 0.3 is 11.9 Å². The van der Waals surface area contributed by atoms with Crippen molar-refractivity contribution in [1.82, 2.24) is 19.8 Å².